The van der Waals surface area contributed by atoms with Crippen molar-refractivity contribution in [2.45, 2.75) is 13.8 Å². The van der Waals surface area contributed by atoms with Crippen molar-refractivity contribution in [3.05, 3.63) is 71.9 Å². The van der Waals surface area contributed by atoms with Gasteiger partial charge in [0.05, 0.1) is 0 Å². The Kier molecular flexibility index (Phi) is 4.75. The number of benzene rings is 2. The van der Waals surface area contributed by atoms with Gasteiger partial charge in [-0.1, -0.05) is 18.2 Å². The Balaban J connectivity index is 1.85. The number of nitrogens with zero attached hydrogens (tertiary/aromatic N) is 3. The largest absolute Gasteiger partial charge is 0.329 e. The van der Waals surface area contributed by atoms with E-state index in [2.05, 4.69) is 15.3 Å². The third-order valence-electron chi connectivity index (χ3n) is 3.88. The normalized spacial score (nSPS) is 10.4. The van der Waals surface area contributed by atoms with Crippen LogP contribution < -0.4 is 10.2 Å². The zero-order valence-electron chi connectivity index (χ0n) is 14.5. The fraction of sp³-hybridized carbons (Fsp3) is 0.150. The fourth-order valence-corrected chi connectivity index (χ4v) is 2.48. The number of hydrogen-bond donors (Lipinski definition) is 1. The zero-order valence-corrected chi connectivity index (χ0v) is 14.5. The monoisotopic (exact) mass is 332 g/mol. The molecule has 0 amide bonds. The Bertz CT molecular complexity index is 876. The first-order valence-electron chi connectivity index (χ1n) is 8.05. The summed E-state index contributed by atoms with van der Waals surface area (Å²) in [6.07, 6.45) is 0. The van der Waals surface area contributed by atoms with Crippen LogP contribution in [0.15, 0.2) is 60.7 Å². The molecule has 3 rings (SSSR count). The molecule has 1 heterocycles. The molecular formula is C20H20N4O. The summed E-state index contributed by atoms with van der Waals surface area (Å²) in [7, 11) is 1.97. The van der Waals surface area contributed by atoms with Crippen molar-refractivity contribution in [1.82, 2.24) is 9.97 Å². The average molecular weight is 332 g/mol. The van der Waals surface area contributed by atoms with Crippen LogP contribution in [-0.2, 0) is 0 Å². The molecule has 0 bridgehead atoms. The summed E-state index contributed by atoms with van der Waals surface area (Å²) in [6.45, 7) is 3.49. The van der Waals surface area contributed by atoms with E-state index >= 15 is 0 Å². The van der Waals surface area contributed by atoms with Gasteiger partial charge in [-0.3, -0.25) is 4.79 Å². The van der Waals surface area contributed by atoms with Gasteiger partial charge in [0.25, 0.3) is 0 Å². The lowest BCUT2D eigenvalue weighted by molar-refractivity contribution is 0.101. The number of Topliss-reactive ketones (excluding diaryl/α,β-unsaturated/α-hetero) is 1. The number of rotatable bonds is 5. The maximum absolute atomic E-state index is 11.4. The van der Waals surface area contributed by atoms with E-state index in [4.69, 9.17) is 0 Å². The highest BCUT2D eigenvalue weighted by atomic mass is 16.1. The van der Waals surface area contributed by atoms with E-state index in [9.17, 15) is 4.79 Å². The summed E-state index contributed by atoms with van der Waals surface area (Å²) in [4.78, 5) is 22.4. The molecule has 0 unspecified atom stereocenters. The summed E-state index contributed by atoms with van der Waals surface area (Å²) in [5.41, 5.74) is 3.44. The van der Waals surface area contributed by atoms with E-state index in [0.717, 1.165) is 22.9 Å². The average Bonchev–Trinajstić information content (AvgIpc) is 2.62. The van der Waals surface area contributed by atoms with E-state index in [1.165, 1.54) is 0 Å². The molecule has 0 aliphatic rings. The van der Waals surface area contributed by atoms with Crippen LogP contribution in [0.3, 0.4) is 0 Å². The molecule has 5 heteroatoms. The molecule has 0 saturated carbocycles. The Morgan fingerprint density at radius 3 is 2.32 bits per heavy atom. The van der Waals surface area contributed by atoms with Crippen molar-refractivity contribution in [1.29, 1.82) is 0 Å². The molecule has 0 radical (unpaired) electrons. The fourth-order valence-electron chi connectivity index (χ4n) is 2.48. The van der Waals surface area contributed by atoms with Crippen LogP contribution in [0, 0.1) is 6.92 Å². The van der Waals surface area contributed by atoms with Gasteiger partial charge in [-0.05, 0) is 50.2 Å². The van der Waals surface area contributed by atoms with Gasteiger partial charge in [-0.2, -0.15) is 4.98 Å². The van der Waals surface area contributed by atoms with E-state index in [1.54, 1.807) is 19.1 Å². The molecule has 0 aliphatic heterocycles. The molecule has 0 spiro atoms. The molecule has 5 nitrogen and oxygen atoms in total. The predicted molar refractivity (Wildman–Crippen MR) is 101 cm³/mol. The molecule has 0 saturated heterocycles. The maximum Gasteiger partial charge on any atom is 0.229 e. The lowest BCUT2D eigenvalue weighted by atomic mass is 10.1. The molecule has 2 aromatic carbocycles. The molecule has 0 aliphatic carbocycles. The number of para-hydroxylation sites is 1. The molecule has 25 heavy (non-hydrogen) atoms. The number of nitrogens with one attached hydrogen (secondary N) is 1. The standard InChI is InChI=1S/C20H20N4O/c1-14-13-19(24(3)18-7-5-4-6-8-18)23-20(21-14)22-17-11-9-16(10-12-17)15(2)25/h4-13H,1-3H3,(H,21,22,23). The molecule has 0 atom stereocenters. The SMILES string of the molecule is CC(=O)c1ccc(Nc2nc(C)cc(N(C)c3ccccc3)n2)cc1. The molecule has 1 aromatic heterocycles. The second kappa shape index (κ2) is 7.13. The van der Waals surface area contributed by atoms with Gasteiger partial charge in [-0.15, -0.1) is 0 Å². The third-order valence-corrected chi connectivity index (χ3v) is 3.88. The quantitative estimate of drug-likeness (QED) is 0.697. The van der Waals surface area contributed by atoms with Gasteiger partial charge >= 0.3 is 0 Å². The number of carbonyl (C=O) groups excluding carboxylic acids is 1. The van der Waals surface area contributed by atoms with E-state index in [-0.39, 0.29) is 5.78 Å². The highest BCUT2D eigenvalue weighted by Crippen LogP contribution is 2.24. The second-order valence-corrected chi connectivity index (χ2v) is 5.84. The summed E-state index contributed by atoms with van der Waals surface area (Å²) in [5.74, 6) is 1.38. The van der Waals surface area contributed by atoms with E-state index < -0.39 is 0 Å². The second-order valence-electron chi connectivity index (χ2n) is 5.84. The molecule has 1 N–H and O–H groups in total. The predicted octanol–water partition coefficient (Wildman–Crippen LogP) is 4.50. The van der Waals surface area contributed by atoms with Gasteiger partial charge in [0.15, 0.2) is 5.78 Å². The number of ketones is 1. The van der Waals surface area contributed by atoms with Crippen LogP contribution >= 0.6 is 0 Å². The third kappa shape index (κ3) is 4.01. The van der Waals surface area contributed by atoms with E-state index in [0.29, 0.717) is 11.5 Å². The van der Waals surface area contributed by atoms with Crippen molar-refractivity contribution < 1.29 is 4.79 Å². The topological polar surface area (TPSA) is 58.1 Å². The first-order chi connectivity index (χ1) is 12.0. The molecule has 126 valence electrons. The number of hydrogen-bond acceptors (Lipinski definition) is 5. The van der Waals surface area contributed by atoms with Gasteiger partial charge < -0.3 is 10.2 Å². The summed E-state index contributed by atoms with van der Waals surface area (Å²) < 4.78 is 0. The Morgan fingerprint density at radius 2 is 1.68 bits per heavy atom. The minimum atomic E-state index is 0.0464. The van der Waals surface area contributed by atoms with Crippen LogP contribution in [0.2, 0.25) is 0 Å². The minimum Gasteiger partial charge on any atom is -0.329 e. The Hall–Kier alpha value is -3.21. The van der Waals surface area contributed by atoms with Crippen LogP contribution in [0.1, 0.15) is 23.0 Å². The van der Waals surface area contributed by atoms with Crippen LogP contribution in [-0.4, -0.2) is 22.8 Å². The number of aryl methyl sites for hydroxylation is 1. The van der Waals surface area contributed by atoms with Crippen molar-refractivity contribution >= 4 is 28.9 Å². The minimum absolute atomic E-state index is 0.0464. The van der Waals surface area contributed by atoms with Crippen LogP contribution in [0.25, 0.3) is 0 Å². The zero-order chi connectivity index (χ0) is 17.8. The van der Waals surface area contributed by atoms with Gasteiger partial charge in [0.1, 0.15) is 5.82 Å². The lowest BCUT2D eigenvalue weighted by Crippen LogP contribution is -2.13. The maximum atomic E-state index is 11.4. The van der Waals surface area contributed by atoms with Crippen LogP contribution in [0.5, 0.6) is 0 Å². The van der Waals surface area contributed by atoms with Gasteiger partial charge in [-0.25, -0.2) is 4.98 Å². The van der Waals surface area contributed by atoms with Crippen molar-refractivity contribution in [3.63, 3.8) is 0 Å². The van der Waals surface area contributed by atoms with Crippen molar-refractivity contribution in [3.8, 4) is 0 Å². The summed E-state index contributed by atoms with van der Waals surface area (Å²) in [5, 5.41) is 3.20. The Morgan fingerprint density at radius 1 is 1.00 bits per heavy atom. The van der Waals surface area contributed by atoms with Crippen molar-refractivity contribution in [2.75, 3.05) is 17.3 Å². The molecule has 3 aromatic rings. The summed E-state index contributed by atoms with van der Waals surface area (Å²) >= 11 is 0. The molecular weight excluding hydrogens is 312 g/mol. The van der Waals surface area contributed by atoms with E-state index in [1.807, 2.05) is 67.4 Å². The van der Waals surface area contributed by atoms with Gasteiger partial charge in [0, 0.05) is 35.7 Å². The number of aromatic nitrogens is 2. The first kappa shape index (κ1) is 16.6. The smallest absolute Gasteiger partial charge is 0.229 e. The van der Waals surface area contributed by atoms with Crippen molar-refractivity contribution in [2.24, 2.45) is 0 Å². The van der Waals surface area contributed by atoms with Crippen LogP contribution in [0.4, 0.5) is 23.1 Å². The molecule has 0 fully saturated rings. The Labute approximate surface area is 147 Å². The highest BCUT2D eigenvalue weighted by Gasteiger charge is 2.09. The number of carbonyl (C=O) groups is 1. The summed E-state index contributed by atoms with van der Waals surface area (Å²) in [6, 6.07) is 19.3. The number of anilines is 4. The highest BCUT2D eigenvalue weighted by molar-refractivity contribution is 5.94. The lowest BCUT2D eigenvalue weighted by Gasteiger charge is -2.19. The first-order valence-corrected chi connectivity index (χ1v) is 8.05. The van der Waals surface area contributed by atoms with Gasteiger partial charge in [0.2, 0.25) is 5.95 Å².